The van der Waals surface area contributed by atoms with Crippen LogP contribution in [-0.2, 0) is 0 Å². The molecule has 0 spiro atoms. The van der Waals surface area contributed by atoms with E-state index in [2.05, 4.69) is 50.9 Å². The molecule has 1 unspecified atom stereocenters. The van der Waals surface area contributed by atoms with Gasteiger partial charge in [-0.1, -0.05) is 17.7 Å². The quantitative estimate of drug-likeness (QED) is 0.792. The number of hydrogen-bond acceptors (Lipinski definition) is 4. The van der Waals surface area contributed by atoms with Crippen molar-refractivity contribution in [3.05, 3.63) is 59.4 Å². The van der Waals surface area contributed by atoms with Crippen LogP contribution in [0.25, 0.3) is 0 Å². The predicted molar refractivity (Wildman–Crippen MR) is 112 cm³/mol. The number of hydrogen-bond donors (Lipinski definition) is 0. The van der Waals surface area contributed by atoms with Crippen molar-refractivity contribution in [3.63, 3.8) is 0 Å². The van der Waals surface area contributed by atoms with E-state index in [1.807, 2.05) is 24.5 Å². The Balaban J connectivity index is 1.27. The Morgan fingerprint density at radius 2 is 1.67 bits per heavy atom. The zero-order valence-electron chi connectivity index (χ0n) is 16.1. The third-order valence-corrected chi connectivity index (χ3v) is 6.47. The third-order valence-electron chi connectivity index (χ3n) is 6.24. The molecule has 1 aromatic heterocycles. The minimum atomic E-state index is 0.480. The molecular weight excluding hydrogens is 356 g/mol. The van der Waals surface area contributed by atoms with Crippen LogP contribution in [0, 0.1) is 0 Å². The van der Waals surface area contributed by atoms with E-state index >= 15 is 0 Å². The smallest absolute Gasteiger partial charge is 0.0426 e. The highest BCUT2D eigenvalue weighted by Crippen LogP contribution is 2.27. The summed E-state index contributed by atoms with van der Waals surface area (Å²) in [4.78, 5) is 11.9. The first kappa shape index (κ1) is 18.7. The second-order valence-electron chi connectivity index (χ2n) is 7.73. The lowest BCUT2D eigenvalue weighted by Gasteiger charge is -2.44. The molecule has 0 saturated carbocycles. The molecule has 2 aliphatic rings. The van der Waals surface area contributed by atoms with Gasteiger partial charge in [-0.2, -0.15) is 0 Å². The van der Waals surface area contributed by atoms with Crippen molar-refractivity contribution < 1.29 is 0 Å². The number of aromatic nitrogens is 1. The summed E-state index contributed by atoms with van der Waals surface area (Å²) >= 11 is 6.15. The van der Waals surface area contributed by atoms with Crippen molar-refractivity contribution >= 4 is 17.3 Å². The number of piperazine rings is 1. The molecule has 2 saturated heterocycles. The summed E-state index contributed by atoms with van der Waals surface area (Å²) in [5.74, 6) is 0. The number of piperidine rings is 1. The second kappa shape index (κ2) is 8.59. The van der Waals surface area contributed by atoms with E-state index in [1.165, 1.54) is 37.2 Å². The fourth-order valence-corrected chi connectivity index (χ4v) is 4.69. The normalized spacial score (nSPS) is 21.3. The maximum absolute atomic E-state index is 6.15. The summed E-state index contributed by atoms with van der Waals surface area (Å²) in [6.45, 7) is 9.17. The van der Waals surface area contributed by atoms with Crippen LogP contribution in [0.3, 0.4) is 0 Å². The van der Waals surface area contributed by atoms with E-state index in [9.17, 15) is 0 Å². The summed E-state index contributed by atoms with van der Waals surface area (Å²) < 4.78 is 0. The number of pyridine rings is 1. The molecule has 3 heterocycles. The molecule has 1 aromatic carbocycles. The molecule has 2 fully saturated rings. The number of nitrogens with zero attached hydrogens (tertiary/aromatic N) is 4. The highest BCUT2D eigenvalue weighted by Gasteiger charge is 2.29. The first-order valence-corrected chi connectivity index (χ1v) is 10.5. The van der Waals surface area contributed by atoms with Crippen molar-refractivity contribution in [3.8, 4) is 0 Å². The molecule has 27 heavy (non-hydrogen) atoms. The first-order chi connectivity index (χ1) is 13.2. The number of halogens is 1. The van der Waals surface area contributed by atoms with E-state index in [0.717, 1.165) is 37.2 Å². The highest BCUT2D eigenvalue weighted by atomic mass is 35.5. The van der Waals surface area contributed by atoms with Crippen molar-refractivity contribution in [2.45, 2.75) is 31.8 Å². The molecule has 4 rings (SSSR count). The Morgan fingerprint density at radius 1 is 0.963 bits per heavy atom. The maximum atomic E-state index is 6.15. The van der Waals surface area contributed by atoms with Gasteiger partial charge in [-0.25, -0.2) is 0 Å². The molecule has 0 bridgehead atoms. The molecule has 144 valence electrons. The maximum Gasteiger partial charge on any atom is 0.0426 e. The first-order valence-electron chi connectivity index (χ1n) is 10.1. The Bertz CT molecular complexity index is 722. The zero-order valence-corrected chi connectivity index (χ0v) is 16.9. The fraction of sp³-hybridized carbons (Fsp3) is 0.500. The van der Waals surface area contributed by atoms with Gasteiger partial charge in [-0.15, -0.1) is 0 Å². The molecule has 2 aromatic rings. The lowest BCUT2D eigenvalue weighted by molar-refractivity contribution is 0.0840. The van der Waals surface area contributed by atoms with Crippen LogP contribution in [0.4, 0.5) is 5.69 Å². The molecule has 2 aliphatic heterocycles. The van der Waals surface area contributed by atoms with E-state index in [4.69, 9.17) is 11.6 Å². The molecule has 0 amide bonds. The average Bonchev–Trinajstić information content (AvgIpc) is 2.74. The van der Waals surface area contributed by atoms with Gasteiger partial charge in [0.05, 0.1) is 0 Å². The summed E-state index contributed by atoms with van der Waals surface area (Å²) in [5, 5.41) is 0.825. The van der Waals surface area contributed by atoms with Crippen molar-refractivity contribution in [1.82, 2.24) is 14.8 Å². The van der Waals surface area contributed by atoms with Gasteiger partial charge >= 0.3 is 0 Å². The summed E-state index contributed by atoms with van der Waals surface area (Å²) in [7, 11) is 0. The fourth-order valence-electron chi connectivity index (χ4n) is 4.51. The molecule has 0 N–H and O–H groups in total. The highest BCUT2D eigenvalue weighted by molar-refractivity contribution is 6.30. The summed E-state index contributed by atoms with van der Waals surface area (Å²) in [6.07, 6.45) is 6.34. The van der Waals surface area contributed by atoms with Gasteiger partial charge in [0.2, 0.25) is 0 Å². The van der Waals surface area contributed by atoms with Crippen LogP contribution >= 0.6 is 11.6 Å². The summed E-state index contributed by atoms with van der Waals surface area (Å²) in [5.41, 5.74) is 2.63. The Kier molecular flexibility index (Phi) is 5.96. The largest absolute Gasteiger partial charge is 0.369 e. The molecule has 0 aliphatic carbocycles. The summed E-state index contributed by atoms with van der Waals surface area (Å²) in [6, 6.07) is 13.7. The van der Waals surface area contributed by atoms with Gasteiger partial charge in [-0.05, 0) is 55.7 Å². The lowest BCUT2D eigenvalue weighted by atomic mass is 9.99. The number of rotatable bonds is 4. The van der Waals surface area contributed by atoms with E-state index < -0.39 is 0 Å². The van der Waals surface area contributed by atoms with E-state index in [-0.39, 0.29) is 0 Å². The minimum Gasteiger partial charge on any atom is -0.369 e. The monoisotopic (exact) mass is 384 g/mol. The molecular formula is C22H29ClN4. The number of anilines is 1. The SMILES string of the molecule is CC(c1ccncc1)N1CCC(N2CCN(c3cccc(Cl)c3)CC2)CC1. The van der Waals surface area contributed by atoms with Crippen LogP contribution in [0.2, 0.25) is 5.02 Å². The molecule has 1 atom stereocenters. The van der Waals surface area contributed by atoms with Crippen LogP contribution in [0.1, 0.15) is 31.4 Å². The number of benzene rings is 1. The second-order valence-corrected chi connectivity index (χ2v) is 8.16. The van der Waals surface area contributed by atoms with Crippen LogP contribution in [-0.4, -0.2) is 60.1 Å². The van der Waals surface area contributed by atoms with Crippen molar-refractivity contribution in [1.29, 1.82) is 0 Å². The van der Waals surface area contributed by atoms with Gasteiger partial charge in [0, 0.05) is 74.5 Å². The molecule has 0 radical (unpaired) electrons. The van der Waals surface area contributed by atoms with Gasteiger partial charge in [0.15, 0.2) is 0 Å². The van der Waals surface area contributed by atoms with Gasteiger partial charge in [0.25, 0.3) is 0 Å². The van der Waals surface area contributed by atoms with Gasteiger partial charge in [-0.3, -0.25) is 14.8 Å². The predicted octanol–water partition coefficient (Wildman–Crippen LogP) is 4.08. The van der Waals surface area contributed by atoms with Crippen LogP contribution in [0.15, 0.2) is 48.8 Å². The zero-order chi connectivity index (χ0) is 18.6. The van der Waals surface area contributed by atoms with Crippen LogP contribution in [0.5, 0.6) is 0 Å². The van der Waals surface area contributed by atoms with Crippen LogP contribution < -0.4 is 4.90 Å². The Morgan fingerprint density at radius 3 is 2.33 bits per heavy atom. The standard InChI is InChI=1S/C22H29ClN4/c1-18(19-5-9-24-10-6-19)25-11-7-21(8-12-25)26-13-15-27(16-14-26)22-4-2-3-20(23)17-22/h2-6,9-10,17-18,21H,7-8,11-16H2,1H3. The minimum absolute atomic E-state index is 0.480. The molecule has 5 heteroatoms. The van der Waals surface area contributed by atoms with E-state index in [1.54, 1.807) is 0 Å². The van der Waals surface area contributed by atoms with Gasteiger partial charge < -0.3 is 4.90 Å². The third kappa shape index (κ3) is 4.45. The Labute approximate surface area is 167 Å². The van der Waals surface area contributed by atoms with Crippen molar-refractivity contribution in [2.75, 3.05) is 44.2 Å². The molecule has 4 nitrogen and oxygen atoms in total. The average molecular weight is 385 g/mol. The van der Waals surface area contributed by atoms with Crippen molar-refractivity contribution in [2.24, 2.45) is 0 Å². The number of likely N-dealkylation sites (tertiary alicyclic amines) is 1. The van der Waals surface area contributed by atoms with Gasteiger partial charge in [0.1, 0.15) is 0 Å². The lowest BCUT2D eigenvalue weighted by Crippen LogP contribution is -2.53. The topological polar surface area (TPSA) is 22.6 Å². The Hall–Kier alpha value is -1.62. The van der Waals surface area contributed by atoms with E-state index in [0.29, 0.717) is 6.04 Å².